The summed E-state index contributed by atoms with van der Waals surface area (Å²) in [6.07, 6.45) is 2.49. The summed E-state index contributed by atoms with van der Waals surface area (Å²) in [5.74, 6) is 0.618. The number of urea groups is 1. The Morgan fingerprint density at radius 3 is 2.49 bits per heavy atom. The molecule has 35 heavy (non-hydrogen) atoms. The number of carbonyl (C=O) groups is 3. The Labute approximate surface area is 203 Å². The van der Waals surface area contributed by atoms with Crippen LogP contribution in [0.2, 0.25) is 0 Å². The van der Waals surface area contributed by atoms with Gasteiger partial charge in [-0.05, 0) is 49.1 Å². The summed E-state index contributed by atoms with van der Waals surface area (Å²) in [6, 6.07) is 17.8. The molecule has 1 aliphatic heterocycles. The number of anilines is 1. The van der Waals surface area contributed by atoms with Gasteiger partial charge in [-0.2, -0.15) is 5.10 Å². The third kappa shape index (κ3) is 4.14. The highest BCUT2D eigenvalue weighted by Gasteiger charge is 2.51. The number of nitrogens with zero attached hydrogens (tertiary/aromatic N) is 3. The van der Waals surface area contributed by atoms with Gasteiger partial charge in [0, 0.05) is 12.0 Å². The number of rotatable bonds is 8. The fourth-order valence-corrected chi connectivity index (χ4v) is 4.44. The summed E-state index contributed by atoms with van der Waals surface area (Å²) < 4.78 is 6.88. The molecule has 1 atom stereocenters. The van der Waals surface area contributed by atoms with E-state index in [0.29, 0.717) is 29.5 Å². The van der Waals surface area contributed by atoms with Gasteiger partial charge in [0.25, 0.3) is 5.91 Å². The normalized spacial score (nSPS) is 19.5. The highest BCUT2D eigenvalue weighted by Crippen LogP contribution is 2.40. The zero-order chi connectivity index (χ0) is 24.6. The number of para-hydroxylation sites is 1. The Morgan fingerprint density at radius 2 is 1.86 bits per heavy atom. The third-order valence-electron chi connectivity index (χ3n) is 6.58. The number of benzene rings is 2. The van der Waals surface area contributed by atoms with Crippen LogP contribution in [0.5, 0.6) is 5.75 Å². The van der Waals surface area contributed by atoms with E-state index >= 15 is 0 Å². The van der Waals surface area contributed by atoms with Crippen LogP contribution < -0.4 is 15.4 Å². The highest BCUT2D eigenvalue weighted by atomic mass is 16.5. The van der Waals surface area contributed by atoms with E-state index in [0.717, 1.165) is 29.1 Å². The number of imide groups is 1. The van der Waals surface area contributed by atoms with Crippen LogP contribution >= 0.6 is 0 Å². The first-order valence-corrected chi connectivity index (χ1v) is 11.7. The van der Waals surface area contributed by atoms with Gasteiger partial charge in [0.1, 0.15) is 23.7 Å². The fourth-order valence-electron chi connectivity index (χ4n) is 4.44. The van der Waals surface area contributed by atoms with E-state index in [1.54, 1.807) is 36.1 Å². The van der Waals surface area contributed by atoms with E-state index in [1.807, 2.05) is 43.3 Å². The van der Waals surface area contributed by atoms with Crippen LogP contribution in [0.25, 0.3) is 5.69 Å². The van der Waals surface area contributed by atoms with Crippen molar-refractivity contribution in [2.45, 2.75) is 37.6 Å². The highest BCUT2D eigenvalue weighted by molar-refractivity contribution is 6.10. The standard InChI is InChI=1S/C26H27N5O4/c1-3-26(18-11-13-20(35-2)14-12-18)24(33)30(25(34)28-26)16-23(32)27-22-15-21(17-9-10-17)29-31(22)19-7-5-4-6-8-19/h4-8,11-15,17H,3,9-10,16H2,1-2H3,(H,27,32)(H,28,34)/t26-/m0/s1. The summed E-state index contributed by atoms with van der Waals surface area (Å²) >= 11 is 0. The van der Waals surface area contributed by atoms with Crippen LogP contribution in [0.3, 0.4) is 0 Å². The van der Waals surface area contributed by atoms with Crippen LogP contribution in [-0.2, 0) is 15.1 Å². The second-order valence-corrected chi connectivity index (χ2v) is 8.83. The number of aromatic nitrogens is 2. The molecule has 180 valence electrons. The zero-order valence-electron chi connectivity index (χ0n) is 19.7. The van der Waals surface area contributed by atoms with Crippen molar-refractivity contribution in [2.24, 2.45) is 0 Å². The number of amides is 4. The van der Waals surface area contributed by atoms with Gasteiger partial charge in [0.2, 0.25) is 5.91 Å². The molecule has 0 spiro atoms. The molecule has 2 aliphatic rings. The number of ether oxygens (including phenoxy) is 1. The quantitative estimate of drug-likeness (QED) is 0.487. The van der Waals surface area contributed by atoms with E-state index in [2.05, 4.69) is 15.7 Å². The first kappa shape index (κ1) is 22.6. The van der Waals surface area contributed by atoms with Gasteiger partial charge in [0.05, 0.1) is 18.5 Å². The molecule has 9 nitrogen and oxygen atoms in total. The second-order valence-electron chi connectivity index (χ2n) is 8.83. The third-order valence-corrected chi connectivity index (χ3v) is 6.58. The summed E-state index contributed by atoms with van der Waals surface area (Å²) in [5.41, 5.74) is 1.14. The molecular weight excluding hydrogens is 446 g/mol. The molecule has 1 saturated carbocycles. The Hall–Kier alpha value is -4.14. The van der Waals surface area contributed by atoms with E-state index in [4.69, 9.17) is 4.74 Å². The van der Waals surface area contributed by atoms with Crippen LogP contribution in [0.4, 0.5) is 10.6 Å². The monoisotopic (exact) mass is 473 g/mol. The summed E-state index contributed by atoms with van der Waals surface area (Å²) in [5, 5.41) is 10.3. The van der Waals surface area contributed by atoms with Crippen LogP contribution in [0.15, 0.2) is 60.7 Å². The molecule has 9 heteroatoms. The van der Waals surface area contributed by atoms with E-state index in [1.165, 1.54) is 0 Å². The van der Waals surface area contributed by atoms with Crippen molar-refractivity contribution < 1.29 is 19.1 Å². The molecule has 2 heterocycles. The molecule has 2 fully saturated rings. The number of hydrogen-bond acceptors (Lipinski definition) is 5. The van der Waals surface area contributed by atoms with Crippen molar-refractivity contribution in [3.8, 4) is 11.4 Å². The lowest BCUT2D eigenvalue weighted by molar-refractivity contribution is -0.134. The van der Waals surface area contributed by atoms with E-state index < -0.39 is 29.9 Å². The van der Waals surface area contributed by atoms with Crippen molar-refractivity contribution in [1.82, 2.24) is 20.0 Å². The van der Waals surface area contributed by atoms with Crippen molar-refractivity contribution in [1.29, 1.82) is 0 Å². The molecule has 5 rings (SSSR count). The van der Waals surface area contributed by atoms with Gasteiger partial charge in [-0.15, -0.1) is 0 Å². The molecule has 1 aliphatic carbocycles. The van der Waals surface area contributed by atoms with Crippen LogP contribution in [0, 0.1) is 0 Å². The van der Waals surface area contributed by atoms with Crippen molar-refractivity contribution in [2.75, 3.05) is 19.0 Å². The Bertz CT molecular complexity index is 1270. The first-order valence-electron chi connectivity index (χ1n) is 11.7. The minimum atomic E-state index is -1.23. The van der Waals surface area contributed by atoms with Crippen molar-refractivity contribution in [3.05, 3.63) is 71.9 Å². The molecule has 3 aromatic rings. The predicted octanol–water partition coefficient (Wildman–Crippen LogP) is 3.55. The molecule has 4 amide bonds. The topological polar surface area (TPSA) is 106 Å². The molecule has 0 bridgehead atoms. The largest absolute Gasteiger partial charge is 0.497 e. The van der Waals surface area contributed by atoms with Crippen LogP contribution in [-0.4, -0.2) is 46.2 Å². The minimum Gasteiger partial charge on any atom is -0.497 e. The molecule has 0 radical (unpaired) electrons. The zero-order valence-corrected chi connectivity index (χ0v) is 19.7. The number of hydrogen-bond donors (Lipinski definition) is 2. The van der Waals surface area contributed by atoms with Gasteiger partial charge in [-0.1, -0.05) is 37.3 Å². The van der Waals surface area contributed by atoms with Gasteiger partial charge in [-0.25, -0.2) is 9.48 Å². The molecule has 1 saturated heterocycles. The van der Waals surface area contributed by atoms with Crippen molar-refractivity contribution in [3.63, 3.8) is 0 Å². The maximum absolute atomic E-state index is 13.4. The maximum atomic E-state index is 13.4. The molecular formula is C26H27N5O4. The molecule has 1 aromatic heterocycles. The van der Waals surface area contributed by atoms with E-state index in [9.17, 15) is 14.4 Å². The minimum absolute atomic E-state index is 0.341. The lowest BCUT2D eigenvalue weighted by atomic mass is 9.87. The lowest BCUT2D eigenvalue weighted by Crippen LogP contribution is -2.44. The van der Waals surface area contributed by atoms with Gasteiger partial charge in [0.15, 0.2) is 0 Å². The second kappa shape index (κ2) is 8.90. The fraction of sp³-hybridized carbons (Fsp3) is 0.308. The van der Waals surface area contributed by atoms with E-state index in [-0.39, 0.29) is 0 Å². The Morgan fingerprint density at radius 1 is 1.14 bits per heavy atom. The van der Waals surface area contributed by atoms with Crippen molar-refractivity contribution >= 4 is 23.7 Å². The van der Waals surface area contributed by atoms with Gasteiger partial charge >= 0.3 is 6.03 Å². The number of nitrogens with one attached hydrogen (secondary N) is 2. The lowest BCUT2D eigenvalue weighted by Gasteiger charge is -2.26. The SMILES string of the molecule is CC[C@@]1(c2ccc(OC)cc2)NC(=O)N(CC(=O)Nc2cc(C3CC3)nn2-c2ccccc2)C1=O. The number of carbonyl (C=O) groups excluding carboxylic acids is 3. The summed E-state index contributed by atoms with van der Waals surface area (Å²) in [4.78, 5) is 40.2. The maximum Gasteiger partial charge on any atom is 0.325 e. The molecule has 2 aromatic carbocycles. The predicted molar refractivity (Wildman–Crippen MR) is 129 cm³/mol. The first-order chi connectivity index (χ1) is 16.9. The smallest absolute Gasteiger partial charge is 0.325 e. The van der Waals surface area contributed by atoms with Gasteiger partial charge in [-0.3, -0.25) is 14.5 Å². The molecule has 0 unspecified atom stereocenters. The molecule has 2 N–H and O–H groups in total. The average Bonchev–Trinajstić information content (AvgIpc) is 3.61. The average molecular weight is 474 g/mol. The van der Waals surface area contributed by atoms with Crippen LogP contribution in [0.1, 0.15) is 43.4 Å². The summed E-state index contributed by atoms with van der Waals surface area (Å²) in [6.45, 7) is 1.42. The number of methoxy groups -OCH3 is 1. The Balaban J connectivity index is 1.36. The summed E-state index contributed by atoms with van der Waals surface area (Å²) in [7, 11) is 1.56. The van der Waals surface area contributed by atoms with Gasteiger partial charge < -0.3 is 15.4 Å². The Kier molecular flexibility index (Phi) is 5.76.